The predicted molar refractivity (Wildman–Crippen MR) is 81.5 cm³/mol. The van der Waals surface area contributed by atoms with Gasteiger partial charge in [-0.25, -0.2) is 9.97 Å². The van der Waals surface area contributed by atoms with Gasteiger partial charge in [-0.15, -0.1) is 0 Å². The molecule has 1 N–H and O–H groups in total. The van der Waals surface area contributed by atoms with Crippen LogP contribution in [0.3, 0.4) is 0 Å². The van der Waals surface area contributed by atoms with Crippen LogP contribution in [0.5, 0.6) is 0 Å². The second-order valence-electron chi connectivity index (χ2n) is 4.59. The average Bonchev–Trinajstić information content (AvgIpc) is 2.52. The summed E-state index contributed by atoms with van der Waals surface area (Å²) < 4.78 is 0. The molecule has 0 aliphatic rings. The van der Waals surface area contributed by atoms with Crippen LogP contribution in [0, 0.1) is 0 Å². The van der Waals surface area contributed by atoms with Crippen LogP contribution in [0.1, 0.15) is 13.3 Å². The van der Waals surface area contributed by atoms with E-state index in [1.54, 1.807) is 12.4 Å². The lowest BCUT2D eigenvalue weighted by molar-refractivity contribution is 0.953. The highest BCUT2D eigenvalue weighted by atomic mass is 15.1. The lowest BCUT2D eigenvalue weighted by Gasteiger charge is -2.08. The molecule has 2 heterocycles. The minimum atomic E-state index is 0.672. The summed E-state index contributed by atoms with van der Waals surface area (Å²) in [5, 5.41) is 5.49. The van der Waals surface area contributed by atoms with Gasteiger partial charge < -0.3 is 5.32 Å². The predicted octanol–water partition coefficient (Wildman–Crippen LogP) is 3.51. The van der Waals surface area contributed by atoms with Crippen molar-refractivity contribution in [3.8, 4) is 11.3 Å². The first-order chi connectivity index (χ1) is 9.88. The molecule has 0 spiro atoms. The molecule has 1 aromatic carbocycles. The van der Waals surface area contributed by atoms with Gasteiger partial charge in [-0.2, -0.15) is 0 Å². The Hall–Kier alpha value is -2.49. The molecule has 0 saturated heterocycles. The van der Waals surface area contributed by atoms with E-state index in [0.29, 0.717) is 5.95 Å². The lowest BCUT2D eigenvalue weighted by atomic mass is 10.0. The van der Waals surface area contributed by atoms with Gasteiger partial charge in [-0.1, -0.05) is 25.1 Å². The number of pyridine rings is 1. The second kappa shape index (κ2) is 5.65. The molecule has 0 bridgehead atoms. The zero-order chi connectivity index (χ0) is 13.8. The molecular weight excluding hydrogens is 248 g/mol. The van der Waals surface area contributed by atoms with Gasteiger partial charge in [0.2, 0.25) is 5.95 Å². The minimum absolute atomic E-state index is 0.672. The Morgan fingerprint density at radius 3 is 2.95 bits per heavy atom. The quantitative estimate of drug-likeness (QED) is 0.783. The summed E-state index contributed by atoms with van der Waals surface area (Å²) in [6, 6.07) is 10.1. The average molecular weight is 264 g/mol. The summed E-state index contributed by atoms with van der Waals surface area (Å²) in [6.45, 7) is 2.99. The maximum atomic E-state index is 4.58. The number of fused-ring (bicyclic) bond motifs is 1. The van der Waals surface area contributed by atoms with Crippen molar-refractivity contribution in [2.45, 2.75) is 13.3 Å². The van der Waals surface area contributed by atoms with E-state index in [-0.39, 0.29) is 0 Å². The normalized spacial score (nSPS) is 10.7. The summed E-state index contributed by atoms with van der Waals surface area (Å²) >= 11 is 0. The molecule has 0 saturated carbocycles. The minimum Gasteiger partial charge on any atom is -0.354 e. The molecule has 0 aliphatic heterocycles. The Morgan fingerprint density at radius 1 is 1.10 bits per heavy atom. The highest BCUT2D eigenvalue weighted by Gasteiger charge is 2.06. The zero-order valence-electron chi connectivity index (χ0n) is 11.4. The van der Waals surface area contributed by atoms with E-state index in [2.05, 4.69) is 39.3 Å². The topological polar surface area (TPSA) is 50.7 Å². The highest BCUT2D eigenvalue weighted by Crippen LogP contribution is 2.26. The van der Waals surface area contributed by atoms with Crippen LogP contribution in [0.15, 0.2) is 48.9 Å². The Balaban J connectivity index is 2.06. The molecule has 2 aromatic heterocycles. The number of nitrogens with one attached hydrogen (secondary N) is 1. The van der Waals surface area contributed by atoms with Gasteiger partial charge in [0.05, 0.1) is 5.69 Å². The number of anilines is 1. The van der Waals surface area contributed by atoms with E-state index < -0.39 is 0 Å². The number of rotatable bonds is 4. The van der Waals surface area contributed by atoms with Crippen molar-refractivity contribution in [3.63, 3.8) is 0 Å². The summed E-state index contributed by atoms with van der Waals surface area (Å²) in [5.41, 5.74) is 2.00. The summed E-state index contributed by atoms with van der Waals surface area (Å²) in [7, 11) is 0. The molecule has 0 aliphatic carbocycles. The highest BCUT2D eigenvalue weighted by molar-refractivity contribution is 5.95. The van der Waals surface area contributed by atoms with E-state index in [9.17, 15) is 0 Å². The van der Waals surface area contributed by atoms with E-state index in [1.165, 1.54) is 5.39 Å². The second-order valence-corrected chi connectivity index (χ2v) is 4.59. The van der Waals surface area contributed by atoms with Gasteiger partial charge in [0.25, 0.3) is 0 Å². The van der Waals surface area contributed by atoms with Crippen molar-refractivity contribution < 1.29 is 0 Å². The molecule has 4 heteroatoms. The maximum absolute atomic E-state index is 4.58. The van der Waals surface area contributed by atoms with Crippen LogP contribution in [-0.2, 0) is 0 Å². The van der Waals surface area contributed by atoms with Crippen molar-refractivity contribution in [1.29, 1.82) is 0 Å². The summed E-state index contributed by atoms with van der Waals surface area (Å²) in [6.07, 6.45) is 6.52. The van der Waals surface area contributed by atoms with Crippen LogP contribution in [0.2, 0.25) is 0 Å². The number of hydrogen-bond acceptors (Lipinski definition) is 4. The molecule has 0 radical (unpaired) electrons. The fourth-order valence-corrected chi connectivity index (χ4v) is 2.17. The first kappa shape index (κ1) is 12.5. The number of benzene rings is 1. The first-order valence-electron chi connectivity index (χ1n) is 6.78. The van der Waals surface area contributed by atoms with Gasteiger partial charge in [-0.3, -0.25) is 4.98 Å². The van der Waals surface area contributed by atoms with E-state index in [0.717, 1.165) is 29.6 Å². The van der Waals surface area contributed by atoms with Crippen LogP contribution < -0.4 is 5.32 Å². The fourth-order valence-electron chi connectivity index (χ4n) is 2.17. The van der Waals surface area contributed by atoms with Crippen molar-refractivity contribution in [1.82, 2.24) is 15.0 Å². The molecule has 4 nitrogen and oxygen atoms in total. The van der Waals surface area contributed by atoms with Gasteiger partial charge in [0, 0.05) is 36.1 Å². The van der Waals surface area contributed by atoms with Gasteiger partial charge in [-0.05, 0) is 23.9 Å². The summed E-state index contributed by atoms with van der Waals surface area (Å²) in [4.78, 5) is 13.0. The van der Waals surface area contributed by atoms with E-state index in [1.807, 2.05) is 24.4 Å². The molecule has 0 unspecified atom stereocenters. The molecule has 0 fully saturated rings. The Bertz CT molecular complexity index is 719. The monoisotopic (exact) mass is 264 g/mol. The molecule has 0 amide bonds. The molecule has 3 aromatic rings. The molecule has 20 heavy (non-hydrogen) atoms. The molecular formula is C16H16N4. The smallest absolute Gasteiger partial charge is 0.223 e. The van der Waals surface area contributed by atoms with E-state index in [4.69, 9.17) is 0 Å². The molecule has 100 valence electrons. The van der Waals surface area contributed by atoms with Crippen LogP contribution in [-0.4, -0.2) is 21.5 Å². The van der Waals surface area contributed by atoms with Crippen molar-refractivity contribution in [2.24, 2.45) is 0 Å². The van der Waals surface area contributed by atoms with Crippen LogP contribution in [0.25, 0.3) is 22.0 Å². The van der Waals surface area contributed by atoms with Crippen LogP contribution in [0.4, 0.5) is 5.95 Å². The van der Waals surface area contributed by atoms with Gasteiger partial charge in [0.15, 0.2) is 0 Å². The summed E-state index contributed by atoms with van der Waals surface area (Å²) in [5.74, 6) is 0.672. The van der Waals surface area contributed by atoms with Gasteiger partial charge in [0.1, 0.15) is 0 Å². The largest absolute Gasteiger partial charge is 0.354 e. The van der Waals surface area contributed by atoms with E-state index >= 15 is 0 Å². The zero-order valence-corrected chi connectivity index (χ0v) is 11.4. The SMILES string of the molecule is CCCNc1nccc(-c2cccc3ccncc23)n1. The standard InChI is InChI=1S/C16H16N4/c1-2-8-18-16-19-10-7-15(20-16)13-5-3-4-12-6-9-17-11-14(12)13/h3-7,9-11H,2,8H2,1H3,(H,18,19,20). The maximum Gasteiger partial charge on any atom is 0.223 e. The first-order valence-corrected chi connectivity index (χ1v) is 6.78. The van der Waals surface area contributed by atoms with Gasteiger partial charge >= 0.3 is 0 Å². The van der Waals surface area contributed by atoms with Crippen molar-refractivity contribution >= 4 is 16.7 Å². The third-order valence-corrected chi connectivity index (χ3v) is 3.15. The Kier molecular flexibility index (Phi) is 3.54. The third-order valence-electron chi connectivity index (χ3n) is 3.15. The lowest BCUT2D eigenvalue weighted by Crippen LogP contribution is -2.04. The number of hydrogen-bond donors (Lipinski definition) is 1. The van der Waals surface area contributed by atoms with Crippen molar-refractivity contribution in [2.75, 3.05) is 11.9 Å². The number of nitrogens with zero attached hydrogens (tertiary/aromatic N) is 3. The molecule has 0 atom stereocenters. The third kappa shape index (κ3) is 2.45. The Labute approximate surface area is 117 Å². The number of aromatic nitrogens is 3. The van der Waals surface area contributed by atoms with Crippen LogP contribution >= 0.6 is 0 Å². The Morgan fingerprint density at radius 2 is 2.05 bits per heavy atom. The molecule has 3 rings (SSSR count). The fraction of sp³-hybridized carbons (Fsp3) is 0.188. The van der Waals surface area contributed by atoms with Crippen molar-refractivity contribution in [3.05, 3.63) is 48.9 Å².